The van der Waals surface area contributed by atoms with E-state index < -0.39 is 15.8 Å². The number of aryl methyl sites for hydroxylation is 6. The third-order valence-corrected chi connectivity index (χ3v) is 15.8. The first-order valence-electron chi connectivity index (χ1n) is 19.2. The molecule has 0 N–H and O–H groups in total. The van der Waals surface area contributed by atoms with Crippen LogP contribution >= 0.6 is 15.8 Å². The summed E-state index contributed by atoms with van der Waals surface area (Å²) in [5.41, 5.74) is 9.75. The summed E-state index contributed by atoms with van der Waals surface area (Å²) in [6, 6.07) is 55.4. The second kappa shape index (κ2) is 15.7. The highest BCUT2D eigenvalue weighted by Gasteiger charge is 2.29. The zero-order chi connectivity index (χ0) is 39.1. The van der Waals surface area contributed by atoms with Crippen molar-refractivity contribution >= 4 is 69.2 Å². The smallest absolute Gasteiger partial charge is 0.124 e. The Bertz CT molecular complexity index is 2580. The average molecular weight is 767 g/mol. The molecule has 56 heavy (non-hydrogen) atoms. The zero-order valence-electron chi connectivity index (χ0n) is 33.6. The molecule has 8 aromatic rings. The highest BCUT2D eigenvalue weighted by atomic mass is 31.1. The molecule has 0 bridgehead atoms. The lowest BCUT2D eigenvalue weighted by atomic mass is 9.93. The summed E-state index contributed by atoms with van der Waals surface area (Å²) in [5, 5.41) is 13.0. The van der Waals surface area contributed by atoms with E-state index in [1.165, 1.54) is 75.6 Å². The predicted molar refractivity (Wildman–Crippen MR) is 246 cm³/mol. The Balaban J connectivity index is 1.54. The molecule has 4 heteroatoms. The van der Waals surface area contributed by atoms with Crippen molar-refractivity contribution in [2.75, 3.05) is 14.2 Å². The predicted octanol–water partition coefficient (Wildman–Crippen LogP) is 11.0. The minimum Gasteiger partial charge on any atom is -0.496 e. The Morgan fingerprint density at radius 2 is 0.696 bits per heavy atom. The first kappa shape index (κ1) is 37.7. The molecule has 0 fully saturated rings. The van der Waals surface area contributed by atoms with Crippen molar-refractivity contribution in [2.24, 2.45) is 0 Å². The van der Waals surface area contributed by atoms with Crippen molar-refractivity contribution in [3.63, 3.8) is 0 Å². The summed E-state index contributed by atoms with van der Waals surface area (Å²) in [6.45, 7) is 13.0. The first-order valence-corrected chi connectivity index (χ1v) is 21.9. The fourth-order valence-electron chi connectivity index (χ4n) is 8.42. The molecular formula is C52H48O2P2. The summed E-state index contributed by atoms with van der Waals surface area (Å²) >= 11 is 0. The van der Waals surface area contributed by atoms with E-state index in [4.69, 9.17) is 9.47 Å². The van der Waals surface area contributed by atoms with Gasteiger partial charge < -0.3 is 9.47 Å². The Labute approximate surface area is 334 Å². The van der Waals surface area contributed by atoms with Crippen LogP contribution in [0, 0.1) is 41.5 Å². The lowest BCUT2D eigenvalue weighted by Crippen LogP contribution is -2.27. The van der Waals surface area contributed by atoms with Crippen LogP contribution in [0.2, 0.25) is 0 Å². The topological polar surface area (TPSA) is 18.5 Å². The third kappa shape index (κ3) is 6.92. The van der Waals surface area contributed by atoms with Gasteiger partial charge >= 0.3 is 0 Å². The molecule has 0 aromatic heterocycles. The van der Waals surface area contributed by atoms with Gasteiger partial charge in [-0.1, -0.05) is 132 Å². The van der Waals surface area contributed by atoms with Gasteiger partial charge in [0.2, 0.25) is 0 Å². The fraction of sp³-hybridized carbons (Fsp3) is 0.154. The van der Waals surface area contributed by atoms with Crippen LogP contribution in [0.4, 0.5) is 0 Å². The quantitative estimate of drug-likeness (QED) is 0.136. The molecule has 0 amide bonds. The van der Waals surface area contributed by atoms with Gasteiger partial charge in [0, 0.05) is 0 Å². The maximum absolute atomic E-state index is 5.92. The van der Waals surface area contributed by atoms with Crippen molar-refractivity contribution in [3.05, 3.63) is 179 Å². The summed E-state index contributed by atoms with van der Waals surface area (Å²) in [4.78, 5) is 0. The molecule has 0 heterocycles. The van der Waals surface area contributed by atoms with E-state index in [-0.39, 0.29) is 0 Å². The average Bonchev–Trinajstić information content (AvgIpc) is 3.19. The molecule has 8 aromatic carbocycles. The number of hydrogen-bond donors (Lipinski definition) is 0. The number of ether oxygens (including phenoxy) is 2. The lowest BCUT2D eigenvalue weighted by Gasteiger charge is -2.29. The Hall–Kier alpha value is -5.26. The van der Waals surface area contributed by atoms with Crippen LogP contribution in [0.15, 0.2) is 146 Å². The van der Waals surface area contributed by atoms with Crippen molar-refractivity contribution < 1.29 is 9.47 Å². The Morgan fingerprint density at radius 1 is 0.357 bits per heavy atom. The molecule has 0 spiro atoms. The molecule has 0 radical (unpaired) electrons. The van der Waals surface area contributed by atoms with Gasteiger partial charge in [0.15, 0.2) is 0 Å². The highest BCUT2D eigenvalue weighted by molar-refractivity contribution is 7.80. The van der Waals surface area contributed by atoms with E-state index in [1.807, 2.05) is 0 Å². The summed E-state index contributed by atoms with van der Waals surface area (Å²) < 4.78 is 11.8. The van der Waals surface area contributed by atoms with Crippen molar-refractivity contribution in [1.29, 1.82) is 0 Å². The van der Waals surface area contributed by atoms with Crippen molar-refractivity contribution in [2.45, 2.75) is 41.5 Å². The molecular weight excluding hydrogens is 719 g/mol. The van der Waals surface area contributed by atoms with E-state index in [1.54, 1.807) is 14.2 Å². The van der Waals surface area contributed by atoms with Crippen LogP contribution in [-0.4, -0.2) is 14.2 Å². The molecule has 0 unspecified atom stereocenters. The molecule has 0 saturated heterocycles. The van der Waals surface area contributed by atoms with Crippen LogP contribution in [0.25, 0.3) is 32.7 Å². The maximum Gasteiger partial charge on any atom is 0.124 e. The van der Waals surface area contributed by atoms with Gasteiger partial charge in [-0.3, -0.25) is 0 Å². The molecule has 278 valence electrons. The molecule has 8 rings (SSSR count). The van der Waals surface area contributed by atoms with Gasteiger partial charge in [-0.25, -0.2) is 0 Å². The monoisotopic (exact) mass is 766 g/mol. The number of methoxy groups -OCH3 is 2. The first-order chi connectivity index (χ1) is 27.2. The van der Waals surface area contributed by atoms with E-state index >= 15 is 0 Å². The van der Waals surface area contributed by atoms with Crippen LogP contribution < -0.4 is 41.3 Å². The van der Waals surface area contributed by atoms with Gasteiger partial charge in [0.1, 0.15) is 11.5 Å². The second-order valence-electron chi connectivity index (χ2n) is 14.9. The number of fused-ring (bicyclic) bond motifs is 2. The van der Waals surface area contributed by atoms with Crippen LogP contribution in [0.5, 0.6) is 11.5 Å². The minimum absolute atomic E-state index is 0.944. The van der Waals surface area contributed by atoms with Gasteiger partial charge in [-0.05, 0) is 168 Å². The van der Waals surface area contributed by atoms with E-state index in [0.29, 0.717) is 0 Å². The maximum atomic E-state index is 5.92. The molecule has 0 aliphatic carbocycles. The standard InChI is InChI=1S/C52H48O2P2/c1-33-17-23-41(24-18-33)55(42-25-19-34(2)20-26-42)47-27-21-39-13-9-11-15-45(39)49(47)50-46-16-12-10-14-40(46)22-28-48(50)56(43-29-35(3)51(53-7)36(4)30-43)44-31-37(5)52(54-8)38(6)32-44/h9-32H,1-8H3. The summed E-state index contributed by atoms with van der Waals surface area (Å²) in [5.74, 6) is 1.89. The van der Waals surface area contributed by atoms with E-state index in [0.717, 1.165) is 33.8 Å². The molecule has 0 atom stereocenters. The summed E-state index contributed by atoms with van der Waals surface area (Å²) in [7, 11) is 1.54. The van der Waals surface area contributed by atoms with Gasteiger partial charge in [-0.2, -0.15) is 0 Å². The van der Waals surface area contributed by atoms with Crippen LogP contribution in [0.3, 0.4) is 0 Å². The summed E-state index contributed by atoms with van der Waals surface area (Å²) in [6.07, 6.45) is 0. The molecule has 2 nitrogen and oxygen atoms in total. The van der Waals surface area contributed by atoms with E-state index in [2.05, 4.69) is 187 Å². The van der Waals surface area contributed by atoms with Gasteiger partial charge in [0.05, 0.1) is 14.2 Å². The molecule has 0 aliphatic heterocycles. The van der Waals surface area contributed by atoms with Crippen molar-refractivity contribution in [3.8, 4) is 22.6 Å². The Morgan fingerprint density at radius 3 is 1.05 bits per heavy atom. The number of hydrogen-bond acceptors (Lipinski definition) is 2. The third-order valence-electron chi connectivity index (χ3n) is 10.9. The van der Waals surface area contributed by atoms with Gasteiger partial charge in [-0.15, -0.1) is 0 Å². The highest BCUT2D eigenvalue weighted by Crippen LogP contribution is 2.47. The minimum atomic E-state index is -1.07. The second-order valence-corrected chi connectivity index (χ2v) is 19.3. The van der Waals surface area contributed by atoms with Crippen LogP contribution in [0.1, 0.15) is 33.4 Å². The van der Waals surface area contributed by atoms with Crippen LogP contribution in [-0.2, 0) is 0 Å². The fourth-order valence-corrected chi connectivity index (χ4v) is 13.7. The number of rotatable bonds is 9. The Kier molecular flexibility index (Phi) is 10.6. The zero-order valence-corrected chi connectivity index (χ0v) is 35.4. The molecule has 0 saturated carbocycles. The van der Waals surface area contributed by atoms with Crippen molar-refractivity contribution in [1.82, 2.24) is 0 Å². The largest absolute Gasteiger partial charge is 0.496 e. The normalized spacial score (nSPS) is 11.5. The number of benzene rings is 8. The lowest BCUT2D eigenvalue weighted by molar-refractivity contribution is 0.408. The van der Waals surface area contributed by atoms with Gasteiger partial charge in [0.25, 0.3) is 0 Å². The van der Waals surface area contributed by atoms with E-state index in [9.17, 15) is 0 Å². The molecule has 0 aliphatic rings. The SMILES string of the molecule is COc1c(C)cc(P(c2cc(C)c(OC)c(C)c2)c2ccc3ccccc3c2-c2c(P(c3ccc(C)cc3)c3ccc(C)cc3)ccc3ccccc23)cc1C.